The van der Waals surface area contributed by atoms with Crippen molar-refractivity contribution in [2.45, 2.75) is 52.6 Å². The topological polar surface area (TPSA) is 49.9 Å². The summed E-state index contributed by atoms with van der Waals surface area (Å²) in [5, 5.41) is 0. The summed E-state index contributed by atoms with van der Waals surface area (Å²) in [6.07, 6.45) is 2.78. The van der Waals surface area contributed by atoms with Crippen LogP contribution in [0.5, 0.6) is 0 Å². The minimum atomic E-state index is -0.508. The van der Waals surface area contributed by atoms with E-state index in [9.17, 15) is 9.59 Å². The summed E-state index contributed by atoms with van der Waals surface area (Å²) < 4.78 is 5.41. The standard InChI is InChI=1S/C16H26N2O3/c1-12(19)13-11-18(15(20)21-16(2,3)4)10-7-14(13)17-8-5-6-9-17/h5-11H2,1-4H3. The second-order valence-electron chi connectivity index (χ2n) is 6.83. The zero-order chi connectivity index (χ0) is 15.6. The molecule has 5 heteroatoms. The lowest BCUT2D eigenvalue weighted by atomic mass is 10.0. The average Bonchev–Trinajstić information content (AvgIpc) is 2.89. The van der Waals surface area contributed by atoms with Gasteiger partial charge in [-0.2, -0.15) is 0 Å². The van der Waals surface area contributed by atoms with E-state index in [-0.39, 0.29) is 11.9 Å². The molecule has 0 aromatic heterocycles. The third kappa shape index (κ3) is 3.99. The molecule has 0 saturated carbocycles. The highest BCUT2D eigenvalue weighted by Gasteiger charge is 2.31. The average molecular weight is 294 g/mol. The van der Waals surface area contributed by atoms with E-state index in [1.807, 2.05) is 20.8 Å². The normalized spacial score (nSPS) is 20.0. The number of amides is 1. The predicted molar refractivity (Wildman–Crippen MR) is 80.9 cm³/mol. The van der Waals surface area contributed by atoms with Crippen LogP contribution in [0.4, 0.5) is 4.79 Å². The van der Waals surface area contributed by atoms with Crippen molar-refractivity contribution >= 4 is 11.9 Å². The van der Waals surface area contributed by atoms with Crippen LogP contribution in [0.2, 0.25) is 0 Å². The minimum absolute atomic E-state index is 0.0603. The SMILES string of the molecule is CC(=O)C1=C(N2CCCC2)CCN(C(=O)OC(C)(C)C)C1. The molecule has 21 heavy (non-hydrogen) atoms. The highest BCUT2D eigenvalue weighted by Crippen LogP contribution is 2.26. The fraction of sp³-hybridized carbons (Fsp3) is 0.750. The van der Waals surface area contributed by atoms with Gasteiger partial charge in [-0.25, -0.2) is 4.79 Å². The number of carbonyl (C=O) groups excluding carboxylic acids is 2. The Morgan fingerprint density at radius 2 is 1.71 bits per heavy atom. The Hall–Kier alpha value is -1.52. The van der Waals surface area contributed by atoms with E-state index in [2.05, 4.69) is 4.90 Å². The number of hydrogen-bond donors (Lipinski definition) is 0. The highest BCUT2D eigenvalue weighted by atomic mass is 16.6. The Labute approximate surface area is 126 Å². The van der Waals surface area contributed by atoms with Gasteiger partial charge in [0.15, 0.2) is 5.78 Å². The van der Waals surface area contributed by atoms with Crippen molar-refractivity contribution in [3.05, 3.63) is 11.3 Å². The molecule has 0 atom stereocenters. The number of likely N-dealkylation sites (tertiary alicyclic amines) is 1. The van der Waals surface area contributed by atoms with Crippen LogP contribution in [-0.2, 0) is 9.53 Å². The molecule has 0 aromatic rings. The zero-order valence-corrected chi connectivity index (χ0v) is 13.6. The van der Waals surface area contributed by atoms with Crippen molar-refractivity contribution in [2.75, 3.05) is 26.2 Å². The van der Waals surface area contributed by atoms with Crippen LogP contribution in [0.3, 0.4) is 0 Å². The van der Waals surface area contributed by atoms with Gasteiger partial charge >= 0.3 is 6.09 Å². The van der Waals surface area contributed by atoms with Gasteiger partial charge in [-0.05, 0) is 40.5 Å². The van der Waals surface area contributed by atoms with E-state index in [0.717, 1.165) is 30.8 Å². The molecule has 0 N–H and O–H groups in total. The van der Waals surface area contributed by atoms with Crippen LogP contribution in [0.1, 0.15) is 47.0 Å². The Bertz CT molecular complexity index is 457. The first-order valence-electron chi connectivity index (χ1n) is 7.74. The molecule has 2 aliphatic heterocycles. The van der Waals surface area contributed by atoms with Gasteiger partial charge in [0.1, 0.15) is 5.60 Å². The quantitative estimate of drug-likeness (QED) is 0.785. The van der Waals surface area contributed by atoms with Gasteiger partial charge in [0.05, 0.1) is 6.54 Å². The fourth-order valence-corrected chi connectivity index (χ4v) is 2.89. The molecular weight excluding hydrogens is 268 g/mol. The lowest BCUT2D eigenvalue weighted by molar-refractivity contribution is -0.114. The number of ketones is 1. The Morgan fingerprint density at radius 3 is 2.24 bits per heavy atom. The first kappa shape index (κ1) is 15.9. The number of hydrogen-bond acceptors (Lipinski definition) is 4. The number of Topliss-reactive ketones (excluding diaryl/α,β-unsaturated/α-hetero) is 1. The summed E-state index contributed by atoms with van der Waals surface area (Å²) >= 11 is 0. The van der Waals surface area contributed by atoms with Crippen molar-refractivity contribution in [2.24, 2.45) is 0 Å². The van der Waals surface area contributed by atoms with Gasteiger partial charge in [0.25, 0.3) is 0 Å². The van der Waals surface area contributed by atoms with Crippen molar-refractivity contribution in [1.82, 2.24) is 9.80 Å². The molecule has 0 unspecified atom stereocenters. The molecule has 5 nitrogen and oxygen atoms in total. The van der Waals surface area contributed by atoms with Gasteiger partial charge in [-0.15, -0.1) is 0 Å². The van der Waals surface area contributed by atoms with Gasteiger partial charge < -0.3 is 14.5 Å². The first-order chi connectivity index (χ1) is 9.78. The zero-order valence-electron chi connectivity index (χ0n) is 13.6. The molecule has 0 aromatic carbocycles. The number of nitrogens with zero attached hydrogens (tertiary/aromatic N) is 2. The third-order valence-corrected chi connectivity index (χ3v) is 3.88. The van der Waals surface area contributed by atoms with Crippen LogP contribution in [-0.4, -0.2) is 53.5 Å². The van der Waals surface area contributed by atoms with E-state index in [4.69, 9.17) is 4.74 Å². The molecule has 118 valence electrons. The highest BCUT2D eigenvalue weighted by molar-refractivity contribution is 5.95. The molecule has 1 saturated heterocycles. The van der Waals surface area contributed by atoms with Crippen molar-refractivity contribution in [1.29, 1.82) is 0 Å². The number of carbonyl (C=O) groups is 2. The molecule has 0 radical (unpaired) electrons. The summed E-state index contributed by atoms with van der Waals surface area (Å²) in [5.74, 6) is 0.0603. The summed E-state index contributed by atoms with van der Waals surface area (Å²) in [4.78, 5) is 28.1. The van der Waals surface area contributed by atoms with Gasteiger partial charge in [-0.1, -0.05) is 0 Å². The molecule has 2 aliphatic rings. The Balaban J connectivity index is 2.12. The van der Waals surface area contributed by atoms with Crippen LogP contribution < -0.4 is 0 Å². The Kier molecular flexibility index (Phi) is 4.59. The second-order valence-corrected chi connectivity index (χ2v) is 6.83. The van der Waals surface area contributed by atoms with Crippen molar-refractivity contribution in [3.8, 4) is 0 Å². The maximum Gasteiger partial charge on any atom is 0.410 e. The van der Waals surface area contributed by atoms with Gasteiger partial charge in [0.2, 0.25) is 0 Å². The summed E-state index contributed by atoms with van der Waals surface area (Å²) in [5.41, 5.74) is 1.40. The minimum Gasteiger partial charge on any atom is -0.444 e. The molecule has 0 bridgehead atoms. The number of rotatable bonds is 2. The van der Waals surface area contributed by atoms with Crippen LogP contribution in [0.15, 0.2) is 11.3 Å². The van der Waals surface area contributed by atoms with Crippen LogP contribution >= 0.6 is 0 Å². The smallest absolute Gasteiger partial charge is 0.410 e. The van der Waals surface area contributed by atoms with Crippen molar-refractivity contribution in [3.63, 3.8) is 0 Å². The molecular formula is C16H26N2O3. The van der Waals surface area contributed by atoms with Crippen molar-refractivity contribution < 1.29 is 14.3 Å². The molecule has 1 fully saturated rings. The largest absolute Gasteiger partial charge is 0.444 e. The maximum atomic E-state index is 12.2. The second kappa shape index (κ2) is 6.08. The molecule has 0 spiro atoms. The fourth-order valence-electron chi connectivity index (χ4n) is 2.89. The summed E-state index contributed by atoms with van der Waals surface area (Å²) in [6, 6.07) is 0. The molecule has 1 amide bonds. The predicted octanol–water partition coefficient (Wildman–Crippen LogP) is 2.57. The number of ether oxygens (including phenoxy) is 1. The third-order valence-electron chi connectivity index (χ3n) is 3.88. The lowest BCUT2D eigenvalue weighted by Gasteiger charge is -2.35. The monoisotopic (exact) mass is 294 g/mol. The van der Waals surface area contributed by atoms with Crippen LogP contribution in [0, 0.1) is 0 Å². The van der Waals surface area contributed by atoms with E-state index in [1.165, 1.54) is 12.8 Å². The summed E-state index contributed by atoms with van der Waals surface area (Å²) in [6.45, 7) is 10.2. The maximum absolute atomic E-state index is 12.2. The first-order valence-corrected chi connectivity index (χ1v) is 7.74. The van der Waals surface area contributed by atoms with E-state index in [1.54, 1.807) is 11.8 Å². The molecule has 2 heterocycles. The van der Waals surface area contributed by atoms with Gasteiger partial charge in [0, 0.05) is 37.3 Å². The lowest BCUT2D eigenvalue weighted by Crippen LogP contribution is -2.43. The van der Waals surface area contributed by atoms with Gasteiger partial charge in [-0.3, -0.25) is 4.79 Å². The van der Waals surface area contributed by atoms with E-state index >= 15 is 0 Å². The summed E-state index contributed by atoms with van der Waals surface area (Å²) in [7, 11) is 0. The van der Waals surface area contributed by atoms with E-state index < -0.39 is 5.60 Å². The van der Waals surface area contributed by atoms with Crippen LogP contribution in [0.25, 0.3) is 0 Å². The Morgan fingerprint density at radius 1 is 1.10 bits per heavy atom. The molecule has 0 aliphatic carbocycles. The molecule has 2 rings (SSSR count). The van der Waals surface area contributed by atoms with E-state index in [0.29, 0.717) is 13.1 Å².